The number of hydrogen-bond acceptors (Lipinski definition) is 4. The highest BCUT2D eigenvalue weighted by Gasteiger charge is 2.16. The van der Waals surface area contributed by atoms with Crippen LogP contribution in [0.25, 0.3) is 11.3 Å². The minimum Gasteiger partial charge on any atom is -0.490 e. The van der Waals surface area contributed by atoms with Gasteiger partial charge in [-0.15, -0.1) is 0 Å². The number of aromatic nitrogens is 2. The second-order valence-corrected chi connectivity index (χ2v) is 6.95. The Hall–Kier alpha value is -3.19. The van der Waals surface area contributed by atoms with Crippen LogP contribution in [0.5, 0.6) is 5.75 Å². The Morgan fingerprint density at radius 2 is 1.90 bits per heavy atom. The highest BCUT2D eigenvalue weighted by Crippen LogP contribution is 2.21. The van der Waals surface area contributed by atoms with Crippen LogP contribution in [-0.4, -0.2) is 54.9 Å². The van der Waals surface area contributed by atoms with Crippen molar-refractivity contribution in [1.82, 2.24) is 15.1 Å². The van der Waals surface area contributed by atoms with Gasteiger partial charge in [0, 0.05) is 32.0 Å². The molecule has 0 fully saturated rings. The maximum Gasteiger partial charge on any atom is 0.257 e. The van der Waals surface area contributed by atoms with Crippen molar-refractivity contribution < 1.29 is 18.7 Å². The summed E-state index contributed by atoms with van der Waals surface area (Å²) in [4.78, 5) is 14.5. The summed E-state index contributed by atoms with van der Waals surface area (Å²) in [5, 5.41) is 7.30. The summed E-state index contributed by atoms with van der Waals surface area (Å²) in [6.45, 7) is 1.44. The van der Waals surface area contributed by atoms with Gasteiger partial charge < -0.3 is 14.4 Å². The van der Waals surface area contributed by atoms with Crippen LogP contribution in [0.2, 0.25) is 0 Å². The first-order chi connectivity index (χ1) is 14.6. The molecule has 0 aliphatic heterocycles. The molecule has 30 heavy (non-hydrogen) atoms. The molecule has 0 aliphatic carbocycles. The molecule has 0 radical (unpaired) electrons. The molecule has 0 unspecified atom stereocenters. The van der Waals surface area contributed by atoms with Crippen molar-refractivity contribution in [3.8, 4) is 17.0 Å². The molecule has 2 aromatic carbocycles. The average Bonchev–Trinajstić information content (AvgIpc) is 3.23. The van der Waals surface area contributed by atoms with Gasteiger partial charge in [-0.2, -0.15) is 5.10 Å². The van der Waals surface area contributed by atoms with Crippen LogP contribution in [0.3, 0.4) is 0 Å². The van der Waals surface area contributed by atoms with E-state index in [4.69, 9.17) is 9.47 Å². The zero-order valence-corrected chi connectivity index (χ0v) is 17.2. The number of hydrogen-bond donors (Lipinski definition) is 1. The molecule has 3 rings (SSSR count). The molecule has 0 aliphatic rings. The minimum absolute atomic E-state index is 0.0837. The predicted octanol–water partition coefficient (Wildman–Crippen LogP) is 3.95. The number of carbonyl (C=O) groups excluding carboxylic acids is 1. The van der Waals surface area contributed by atoms with Gasteiger partial charge in [0.05, 0.1) is 17.9 Å². The maximum atomic E-state index is 13.1. The summed E-state index contributed by atoms with van der Waals surface area (Å²) in [7, 11) is 3.39. The molecule has 1 amide bonds. The lowest BCUT2D eigenvalue weighted by Gasteiger charge is -2.19. The number of carbonyl (C=O) groups is 1. The van der Waals surface area contributed by atoms with Gasteiger partial charge >= 0.3 is 0 Å². The summed E-state index contributed by atoms with van der Waals surface area (Å²) >= 11 is 0. The zero-order chi connectivity index (χ0) is 21.3. The van der Waals surface area contributed by atoms with Gasteiger partial charge in [-0.05, 0) is 55.3 Å². The molecular weight excluding hydrogens is 385 g/mol. The molecule has 0 atom stereocenters. The van der Waals surface area contributed by atoms with Gasteiger partial charge in [-0.1, -0.05) is 12.1 Å². The lowest BCUT2D eigenvalue weighted by molar-refractivity contribution is 0.0786. The molecule has 1 heterocycles. The highest BCUT2D eigenvalue weighted by molar-refractivity contribution is 5.96. The number of H-pyrrole nitrogens is 1. The Balaban J connectivity index is 1.53. The largest absolute Gasteiger partial charge is 0.490 e. The molecule has 158 valence electrons. The third-order valence-corrected chi connectivity index (χ3v) is 4.72. The van der Waals surface area contributed by atoms with Crippen LogP contribution in [0.1, 0.15) is 22.5 Å². The number of methoxy groups -OCH3 is 1. The van der Waals surface area contributed by atoms with Crippen molar-refractivity contribution in [2.24, 2.45) is 0 Å². The quantitative estimate of drug-likeness (QED) is 0.513. The topological polar surface area (TPSA) is 67.5 Å². The molecule has 0 saturated heterocycles. The normalized spacial score (nSPS) is 10.8. The van der Waals surface area contributed by atoms with E-state index in [0.717, 1.165) is 29.8 Å². The average molecular weight is 411 g/mol. The molecule has 0 saturated carbocycles. The maximum absolute atomic E-state index is 13.1. The van der Waals surface area contributed by atoms with Crippen LogP contribution >= 0.6 is 0 Å². The first kappa shape index (κ1) is 21.5. The predicted molar refractivity (Wildman–Crippen MR) is 113 cm³/mol. The fourth-order valence-corrected chi connectivity index (χ4v) is 3.08. The van der Waals surface area contributed by atoms with E-state index < -0.39 is 0 Å². The molecule has 1 N–H and O–H groups in total. The van der Waals surface area contributed by atoms with Crippen LogP contribution in [-0.2, 0) is 11.2 Å². The zero-order valence-electron chi connectivity index (χ0n) is 17.2. The van der Waals surface area contributed by atoms with Gasteiger partial charge in [0.15, 0.2) is 0 Å². The Bertz CT molecular complexity index is 956. The lowest BCUT2D eigenvalue weighted by Crippen LogP contribution is -2.28. The third kappa shape index (κ3) is 5.67. The number of para-hydroxylation sites is 1. The highest BCUT2D eigenvalue weighted by atomic mass is 19.1. The molecule has 0 bridgehead atoms. The number of amides is 1. The second-order valence-electron chi connectivity index (χ2n) is 6.95. The van der Waals surface area contributed by atoms with Gasteiger partial charge in [-0.3, -0.25) is 9.89 Å². The van der Waals surface area contributed by atoms with E-state index in [1.165, 1.54) is 12.1 Å². The number of ether oxygens (including phenoxy) is 2. The van der Waals surface area contributed by atoms with Gasteiger partial charge in [0.2, 0.25) is 0 Å². The van der Waals surface area contributed by atoms with Crippen molar-refractivity contribution in [3.05, 3.63) is 71.7 Å². The fourth-order valence-electron chi connectivity index (χ4n) is 3.08. The summed E-state index contributed by atoms with van der Waals surface area (Å²) < 4.78 is 23.7. The Kier molecular flexibility index (Phi) is 7.57. The monoisotopic (exact) mass is 411 g/mol. The van der Waals surface area contributed by atoms with Crippen LogP contribution in [0.4, 0.5) is 4.39 Å². The van der Waals surface area contributed by atoms with E-state index >= 15 is 0 Å². The summed E-state index contributed by atoms with van der Waals surface area (Å²) in [5.41, 5.74) is 3.14. The van der Waals surface area contributed by atoms with Gasteiger partial charge in [-0.25, -0.2) is 4.39 Å². The van der Waals surface area contributed by atoms with Crippen molar-refractivity contribution >= 4 is 5.91 Å². The Labute approximate surface area is 175 Å². The second kappa shape index (κ2) is 10.5. The van der Waals surface area contributed by atoms with Crippen LogP contribution in [0, 0.1) is 5.82 Å². The first-order valence-electron chi connectivity index (χ1n) is 9.85. The number of rotatable bonds is 10. The SMILES string of the molecule is COCCOc1ccccc1C(=O)N(C)CCCc1cc(-c2ccc(F)cc2)n[nH]1. The van der Waals surface area contributed by atoms with E-state index in [1.54, 1.807) is 43.3 Å². The van der Waals surface area contributed by atoms with E-state index in [1.807, 2.05) is 18.2 Å². The van der Waals surface area contributed by atoms with Crippen molar-refractivity contribution in [2.45, 2.75) is 12.8 Å². The third-order valence-electron chi connectivity index (χ3n) is 4.72. The molecule has 1 aromatic heterocycles. The number of halogens is 1. The smallest absolute Gasteiger partial charge is 0.257 e. The van der Waals surface area contributed by atoms with Crippen molar-refractivity contribution in [2.75, 3.05) is 33.9 Å². The van der Waals surface area contributed by atoms with E-state index in [2.05, 4.69) is 10.2 Å². The number of nitrogens with zero attached hydrogens (tertiary/aromatic N) is 2. The molecular formula is C23H26FN3O3. The lowest BCUT2D eigenvalue weighted by atomic mass is 10.1. The molecule has 6 nitrogen and oxygen atoms in total. The first-order valence-corrected chi connectivity index (χ1v) is 9.85. The van der Waals surface area contributed by atoms with E-state index in [9.17, 15) is 9.18 Å². The summed E-state index contributed by atoms with van der Waals surface area (Å²) in [5.74, 6) is 0.205. The van der Waals surface area contributed by atoms with Crippen LogP contribution < -0.4 is 4.74 Å². The molecule has 0 spiro atoms. The number of benzene rings is 2. The Morgan fingerprint density at radius 1 is 1.13 bits per heavy atom. The summed E-state index contributed by atoms with van der Waals surface area (Å²) in [6.07, 6.45) is 1.53. The van der Waals surface area contributed by atoms with Crippen molar-refractivity contribution in [3.63, 3.8) is 0 Å². The Morgan fingerprint density at radius 3 is 2.67 bits per heavy atom. The number of aromatic amines is 1. The fraction of sp³-hybridized carbons (Fsp3) is 0.304. The number of nitrogens with one attached hydrogen (secondary N) is 1. The summed E-state index contributed by atoms with van der Waals surface area (Å²) in [6, 6.07) is 15.4. The van der Waals surface area contributed by atoms with Gasteiger partial charge in [0.1, 0.15) is 18.2 Å². The van der Waals surface area contributed by atoms with E-state index in [0.29, 0.717) is 31.1 Å². The van der Waals surface area contributed by atoms with E-state index in [-0.39, 0.29) is 11.7 Å². The molecule has 3 aromatic rings. The van der Waals surface area contributed by atoms with Crippen molar-refractivity contribution in [1.29, 1.82) is 0 Å². The van der Waals surface area contributed by atoms with Crippen LogP contribution in [0.15, 0.2) is 54.6 Å². The minimum atomic E-state index is -0.270. The number of aryl methyl sites for hydroxylation is 1. The van der Waals surface area contributed by atoms with Gasteiger partial charge in [0.25, 0.3) is 5.91 Å². The molecule has 7 heteroatoms. The standard InChI is InChI=1S/C23H26FN3O3/c1-27(23(28)20-7-3-4-8-22(20)30-15-14-29-2)13-5-6-19-16-21(26-25-19)17-9-11-18(24)12-10-17/h3-4,7-12,16H,5-6,13-15H2,1-2H3,(H,25,26).